The number of alkyl halides is 4. The van der Waals surface area contributed by atoms with Crippen LogP contribution in [-0.2, 0) is 14.3 Å². The lowest BCUT2D eigenvalue weighted by molar-refractivity contribution is -0.128. The van der Waals surface area contributed by atoms with Crippen LogP contribution in [0.5, 0.6) is 0 Å². The minimum Gasteiger partial charge on any atom is -0.457 e. The monoisotopic (exact) mass is 656 g/mol. The fourth-order valence-electron chi connectivity index (χ4n) is 5.06. The number of likely N-dealkylation sites (tertiary alicyclic amines) is 1. The number of aromatic nitrogens is 2. The van der Waals surface area contributed by atoms with Crippen LogP contribution >= 0.6 is 11.6 Å². The van der Waals surface area contributed by atoms with E-state index in [0.29, 0.717) is 0 Å². The molecule has 45 heavy (non-hydrogen) atoms. The van der Waals surface area contributed by atoms with E-state index in [9.17, 15) is 40.7 Å². The van der Waals surface area contributed by atoms with Gasteiger partial charge in [0.05, 0.1) is 36.4 Å². The highest BCUT2D eigenvalue weighted by Crippen LogP contribution is 2.34. The molecule has 9 nitrogen and oxygen atoms in total. The topological polar surface area (TPSA) is 111 Å². The largest absolute Gasteiger partial charge is 0.457 e. The molecule has 1 aromatic carbocycles. The number of nitrogens with one attached hydrogen (secondary N) is 1. The Kier molecular flexibility index (Phi) is 9.58. The van der Waals surface area contributed by atoms with Crippen LogP contribution in [0.25, 0.3) is 0 Å². The SMILES string of the molecule is O=C(OC1CC(C(=O)N[C@@H](c2cc(F)c(Cl)cc2F)C2COC2)N(C(=O)c2ccnc(C(F)F)c2)C1)c1ccnc(C(F)F)c1. The second-order valence-corrected chi connectivity index (χ2v) is 10.8. The summed E-state index contributed by atoms with van der Waals surface area (Å²) in [5.74, 6) is -5.08. The summed E-state index contributed by atoms with van der Waals surface area (Å²) in [4.78, 5) is 48.1. The van der Waals surface area contributed by atoms with Crippen LogP contribution in [0.15, 0.2) is 48.8 Å². The van der Waals surface area contributed by atoms with Gasteiger partial charge in [0.15, 0.2) is 0 Å². The van der Waals surface area contributed by atoms with Crippen molar-refractivity contribution in [2.24, 2.45) is 5.92 Å². The lowest BCUT2D eigenvalue weighted by atomic mass is 9.90. The number of ether oxygens (including phenoxy) is 2. The van der Waals surface area contributed by atoms with E-state index < -0.39 is 82.8 Å². The van der Waals surface area contributed by atoms with Gasteiger partial charge in [-0.1, -0.05) is 11.6 Å². The van der Waals surface area contributed by atoms with E-state index >= 15 is 0 Å². The molecule has 0 aliphatic carbocycles. The van der Waals surface area contributed by atoms with Crippen molar-refractivity contribution in [1.82, 2.24) is 20.2 Å². The lowest BCUT2D eigenvalue weighted by Crippen LogP contribution is -2.50. The van der Waals surface area contributed by atoms with Crippen molar-refractivity contribution >= 4 is 29.4 Å². The van der Waals surface area contributed by atoms with Gasteiger partial charge in [-0.05, 0) is 36.4 Å². The molecule has 2 aliphatic heterocycles. The molecule has 2 fully saturated rings. The van der Waals surface area contributed by atoms with E-state index in [0.717, 1.165) is 53.7 Å². The zero-order chi connectivity index (χ0) is 32.4. The normalized spacial score (nSPS) is 19.0. The third-order valence-electron chi connectivity index (χ3n) is 7.40. The molecule has 2 amide bonds. The zero-order valence-corrected chi connectivity index (χ0v) is 23.7. The first-order valence-corrected chi connectivity index (χ1v) is 13.8. The van der Waals surface area contributed by atoms with Gasteiger partial charge in [0, 0.05) is 35.9 Å². The molecule has 2 aliphatic rings. The Labute approximate surface area is 256 Å². The lowest BCUT2D eigenvalue weighted by Gasteiger charge is -2.36. The zero-order valence-electron chi connectivity index (χ0n) is 22.9. The Balaban J connectivity index is 1.42. The number of nitrogens with zero attached hydrogens (tertiary/aromatic N) is 3. The molecule has 2 saturated heterocycles. The van der Waals surface area contributed by atoms with Crippen LogP contribution in [0.2, 0.25) is 5.02 Å². The molecule has 0 radical (unpaired) electrons. The summed E-state index contributed by atoms with van der Waals surface area (Å²) in [6.07, 6.45) is -5.42. The maximum atomic E-state index is 14.9. The maximum Gasteiger partial charge on any atom is 0.338 e. The molecule has 1 N–H and O–H groups in total. The second-order valence-electron chi connectivity index (χ2n) is 10.3. The van der Waals surface area contributed by atoms with Crippen molar-refractivity contribution < 1.29 is 50.2 Å². The number of esters is 1. The van der Waals surface area contributed by atoms with Crippen LogP contribution in [0.4, 0.5) is 26.3 Å². The number of hydrogen-bond acceptors (Lipinski definition) is 7. The van der Waals surface area contributed by atoms with E-state index in [4.69, 9.17) is 21.1 Å². The first kappa shape index (κ1) is 32.2. The predicted molar refractivity (Wildman–Crippen MR) is 144 cm³/mol. The van der Waals surface area contributed by atoms with Gasteiger partial charge in [0.2, 0.25) is 5.91 Å². The van der Waals surface area contributed by atoms with Crippen LogP contribution < -0.4 is 5.32 Å². The predicted octanol–water partition coefficient (Wildman–Crippen LogP) is 5.23. The first-order valence-electron chi connectivity index (χ1n) is 13.5. The molecule has 4 heterocycles. The van der Waals surface area contributed by atoms with Crippen molar-refractivity contribution in [1.29, 1.82) is 0 Å². The van der Waals surface area contributed by atoms with Gasteiger partial charge in [0.25, 0.3) is 18.8 Å². The fraction of sp³-hybridized carbons (Fsp3) is 0.345. The van der Waals surface area contributed by atoms with Gasteiger partial charge < -0.3 is 19.7 Å². The first-order chi connectivity index (χ1) is 21.4. The van der Waals surface area contributed by atoms with Gasteiger partial charge >= 0.3 is 5.97 Å². The van der Waals surface area contributed by atoms with Gasteiger partial charge in [0.1, 0.15) is 35.2 Å². The van der Waals surface area contributed by atoms with E-state index in [2.05, 4.69) is 15.3 Å². The van der Waals surface area contributed by atoms with Crippen molar-refractivity contribution in [3.63, 3.8) is 0 Å². The molecule has 16 heteroatoms. The summed E-state index contributed by atoms with van der Waals surface area (Å²) < 4.78 is 92.7. The van der Waals surface area contributed by atoms with Crippen molar-refractivity contribution in [2.45, 2.75) is 37.5 Å². The quantitative estimate of drug-likeness (QED) is 0.191. The van der Waals surface area contributed by atoms with E-state index in [1.807, 2.05) is 0 Å². The second kappa shape index (κ2) is 13.4. The highest BCUT2D eigenvalue weighted by Gasteiger charge is 2.44. The van der Waals surface area contributed by atoms with Crippen LogP contribution in [0, 0.1) is 17.6 Å². The maximum absolute atomic E-state index is 14.9. The average molecular weight is 657 g/mol. The number of rotatable bonds is 9. The van der Waals surface area contributed by atoms with Crippen LogP contribution in [-0.4, -0.2) is 64.6 Å². The smallest absolute Gasteiger partial charge is 0.338 e. The highest BCUT2D eigenvalue weighted by atomic mass is 35.5. The Morgan fingerprint density at radius 1 is 0.933 bits per heavy atom. The molecule has 3 atom stereocenters. The Hall–Kier alpha value is -4.24. The Morgan fingerprint density at radius 3 is 2.16 bits per heavy atom. The van der Waals surface area contributed by atoms with Crippen molar-refractivity contribution in [3.8, 4) is 0 Å². The molecule has 0 spiro atoms. The van der Waals surface area contributed by atoms with E-state index in [-0.39, 0.29) is 42.9 Å². The Morgan fingerprint density at radius 2 is 1.56 bits per heavy atom. The summed E-state index contributed by atoms with van der Waals surface area (Å²) in [7, 11) is 0. The van der Waals surface area contributed by atoms with Crippen molar-refractivity contribution in [3.05, 3.63) is 93.5 Å². The van der Waals surface area contributed by atoms with Gasteiger partial charge in [-0.3, -0.25) is 19.6 Å². The third kappa shape index (κ3) is 7.04. The summed E-state index contributed by atoms with van der Waals surface area (Å²) in [6, 6.07) is 3.09. The van der Waals surface area contributed by atoms with Gasteiger partial charge in [-0.15, -0.1) is 0 Å². The summed E-state index contributed by atoms with van der Waals surface area (Å²) in [5, 5.41) is 2.16. The number of benzene rings is 1. The number of hydrogen-bond donors (Lipinski definition) is 1. The summed E-state index contributed by atoms with van der Waals surface area (Å²) in [5.41, 5.74) is -2.08. The molecule has 238 valence electrons. The molecule has 3 aromatic rings. The average Bonchev–Trinajstić information content (AvgIpc) is 3.41. The fourth-order valence-corrected chi connectivity index (χ4v) is 5.21. The van der Waals surface area contributed by atoms with E-state index in [1.165, 1.54) is 0 Å². The van der Waals surface area contributed by atoms with Crippen molar-refractivity contribution in [2.75, 3.05) is 19.8 Å². The molecule has 5 rings (SSSR count). The molecule has 2 unspecified atom stereocenters. The van der Waals surface area contributed by atoms with E-state index in [1.54, 1.807) is 0 Å². The summed E-state index contributed by atoms with van der Waals surface area (Å²) in [6.45, 7) is -0.187. The molecule has 0 saturated carbocycles. The van der Waals surface area contributed by atoms with Crippen LogP contribution in [0.3, 0.4) is 0 Å². The Bertz CT molecular complexity index is 1610. The number of amides is 2. The summed E-state index contributed by atoms with van der Waals surface area (Å²) >= 11 is 5.69. The van der Waals surface area contributed by atoms with Gasteiger partial charge in [-0.2, -0.15) is 0 Å². The third-order valence-corrected chi connectivity index (χ3v) is 7.69. The number of carbonyl (C=O) groups excluding carboxylic acids is 3. The van der Waals surface area contributed by atoms with Gasteiger partial charge in [-0.25, -0.2) is 31.1 Å². The number of pyridine rings is 2. The highest BCUT2D eigenvalue weighted by molar-refractivity contribution is 6.30. The molecular formula is C29H23ClF6N4O5. The number of carbonyl (C=O) groups is 3. The number of halogens is 7. The standard InChI is InChI=1S/C29H23ClF6N4O5/c30-18-9-19(31)17(8-20(18)32)24(15-11-44-12-15)39-27(41)23-7-16(45-29(43)14-2-4-38-22(6-14)26(35)36)10-40(23)28(42)13-1-3-37-21(5-13)25(33)34/h1-6,8-9,15-16,23-26H,7,10-12H2,(H,39,41)/t16?,23?,24-/m1/s1. The molecule has 0 bridgehead atoms. The minimum atomic E-state index is -3.00. The minimum absolute atomic E-state index is 0.0993. The molecular weight excluding hydrogens is 634 g/mol. The van der Waals surface area contributed by atoms with Crippen LogP contribution in [0.1, 0.15) is 63.0 Å². The molecule has 2 aromatic heterocycles.